The third-order valence-electron chi connectivity index (χ3n) is 5.45. The molecule has 0 aliphatic heterocycles. The molecule has 7 nitrogen and oxygen atoms in total. The van der Waals surface area contributed by atoms with Crippen molar-refractivity contribution in [3.8, 4) is 11.1 Å². The fourth-order valence-electron chi connectivity index (χ4n) is 3.83. The van der Waals surface area contributed by atoms with Crippen LogP contribution in [0.3, 0.4) is 0 Å². The predicted molar refractivity (Wildman–Crippen MR) is 113 cm³/mol. The van der Waals surface area contributed by atoms with E-state index in [0.717, 1.165) is 22.3 Å². The fourth-order valence-corrected chi connectivity index (χ4v) is 3.83. The summed E-state index contributed by atoms with van der Waals surface area (Å²) < 4.78 is 44.4. The summed E-state index contributed by atoms with van der Waals surface area (Å²) in [7, 11) is 0. The van der Waals surface area contributed by atoms with Crippen molar-refractivity contribution in [1.29, 1.82) is 0 Å². The van der Waals surface area contributed by atoms with Crippen LogP contribution in [-0.2, 0) is 14.3 Å². The number of alkyl halides is 3. The highest BCUT2D eigenvalue weighted by Crippen LogP contribution is 2.44. The van der Waals surface area contributed by atoms with Crippen LogP contribution in [0, 0.1) is 0 Å². The van der Waals surface area contributed by atoms with Crippen molar-refractivity contribution in [3.63, 3.8) is 0 Å². The van der Waals surface area contributed by atoms with Crippen molar-refractivity contribution < 1.29 is 37.4 Å². The molecule has 1 aliphatic carbocycles. The first-order valence-electron chi connectivity index (χ1n) is 10.3. The average molecular weight is 464 g/mol. The van der Waals surface area contributed by atoms with Crippen LogP contribution in [0.4, 0.5) is 18.0 Å². The molecule has 0 saturated carbocycles. The zero-order chi connectivity index (χ0) is 24.2. The molecule has 33 heavy (non-hydrogen) atoms. The van der Waals surface area contributed by atoms with E-state index in [1.54, 1.807) is 5.32 Å². The van der Waals surface area contributed by atoms with Crippen LogP contribution in [0.15, 0.2) is 48.5 Å². The number of ether oxygens (including phenoxy) is 1. The maximum atomic E-state index is 13.0. The zero-order valence-corrected chi connectivity index (χ0v) is 17.7. The Morgan fingerprint density at radius 3 is 2.03 bits per heavy atom. The molecule has 0 saturated heterocycles. The number of rotatable bonds is 8. The predicted octanol–water partition coefficient (Wildman–Crippen LogP) is 3.83. The minimum atomic E-state index is -4.95. The van der Waals surface area contributed by atoms with Gasteiger partial charge in [0.05, 0.1) is 6.42 Å². The first-order valence-corrected chi connectivity index (χ1v) is 10.3. The molecule has 0 spiro atoms. The van der Waals surface area contributed by atoms with Gasteiger partial charge in [0.15, 0.2) is 0 Å². The van der Waals surface area contributed by atoms with Crippen molar-refractivity contribution >= 4 is 18.0 Å². The van der Waals surface area contributed by atoms with E-state index in [-0.39, 0.29) is 18.9 Å². The van der Waals surface area contributed by atoms with Crippen molar-refractivity contribution in [2.45, 2.75) is 43.9 Å². The van der Waals surface area contributed by atoms with E-state index < -0.39 is 42.7 Å². The van der Waals surface area contributed by atoms with Crippen LogP contribution in [0.25, 0.3) is 11.1 Å². The number of carboxylic acids is 1. The Kier molecular flexibility index (Phi) is 7.25. The number of carbonyl (C=O) groups excluding carboxylic acids is 2. The summed E-state index contributed by atoms with van der Waals surface area (Å²) in [5.41, 5.74) is 4.03. The Hall–Kier alpha value is -3.56. The zero-order valence-electron chi connectivity index (χ0n) is 17.7. The molecule has 2 amide bonds. The smallest absolute Gasteiger partial charge is 0.409 e. The minimum Gasteiger partial charge on any atom is -0.481 e. The van der Waals surface area contributed by atoms with Gasteiger partial charge >= 0.3 is 18.2 Å². The molecule has 0 bridgehead atoms. The molecule has 0 radical (unpaired) electrons. The van der Waals surface area contributed by atoms with E-state index in [1.165, 1.54) is 6.92 Å². The Morgan fingerprint density at radius 1 is 1.00 bits per heavy atom. The number of hydrogen-bond donors (Lipinski definition) is 3. The molecule has 0 fully saturated rings. The third-order valence-corrected chi connectivity index (χ3v) is 5.45. The van der Waals surface area contributed by atoms with Crippen LogP contribution in [0.1, 0.15) is 36.8 Å². The number of benzene rings is 2. The van der Waals surface area contributed by atoms with Gasteiger partial charge in [0.1, 0.15) is 18.7 Å². The van der Waals surface area contributed by atoms with Crippen molar-refractivity contribution in [3.05, 3.63) is 59.7 Å². The van der Waals surface area contributed by atoms with Crippen molar-refractivity contribution in [1.82, 2.24) is 10.6 Å². The quantitative estimate of drug-likeness (QED) is 0.551. The number of fused-ring (bicyclic) bond motifs is 3. The molecule has 0 aromatic heterocycles. The first kappa shape index (κ1) is 24.1. The van der Waals surface area contributed by atoms with Crippen LogP contribution in [0.5, 0.6) is 0 Å². The molecule has 10 heteroatoms. The molecule has 1 aliphatic rings. The second kappa shape index (κ2) is 9.93. The number of aliphatic carboxylic acids is 1. The standard InChI is InChI=1S/C23H23F3N2O5/c1-2-18(21(31)28-19(11-20(29)30)23(24,25)26)27-22(32)33-12-17-15-9-5-3-7-13(15)14-8-4-6-10-16(14)17/h3-10,17-19H,2,11-12H2,1H3,(H,27,32)(H,28,31)(H,29,30)/t18-,19?/m0/s1. The van der Waals surface area contributed by atoms with Gasteiger partial charge in [-0.15, -0.1) is 0 Å². The van der Waals surface area contributed by atoms with Crippen molar-refractivity contribution in [2.24, 2.45) is 0 Å². The number of alkyl carbamates (subject to hydrolysis) is 1. The summed E-state index contributed by atoms with van der Waals surface area (Å²) in [6, 6.07) is 11.5. The molecule has 2 aromatic carbocycles. The Morgan fingerprint density at radius 2 is 1.55 bits per heavy atom. The number of carboxylic acid groups (broad SMARTS) is 1. The summed E-state index contributed by atoms with van der Waals surface area (Å²) in [4.78, 5) is 35.3. The maximum Gasteiger partial charge on any atom is 0.409 e. The lowest BCUT2D eigenvalue weighted by atomic mass is 9.98. The van der Waals surface area contributed by atoms with Gasteiger partial charge in [-0.3, -0.25) is 9.59 Å². The van der Waals surface area contributed by atoms with Gasteiger partial charge in [-0.05, 0) is 28.7 Å². The highest BCUT2D eigenvalue weighted by molar-refractivity contribution is 5.86. The molecule has 2 atom stereocenters. The third kappa shape index (κ3) is 5.63. The number of nitrogens with one attached hydrogen (secondary N) is 2. The van der Waals surface area contributed by atoms with Gasteiger partial charge in [0.25, 0.3) is 0 Å². The summed E-state index contributed by atoms with van der Waals surface area (Å²) in [6.45, 7) is 1.47. The highest BCUT2D eigenvalue weighted by atomic mass is 19.4. The number of hydrogen-bond acceptors (Lipinski definition) is 4. The van der Waals surface area contributed by atoms with Crippen molar-refractivity contribution in [2.75, 3.05) is 6.61 Å². The van der Waals surface area contributed by atoms with E-state index in [2.05, 4.69) is 5.32 Å². The summed E-state index contributed by atoms with van der Waals surface area (Å²) in [6.07, 6.45) is -7.25. The summed E-state index contributed by atoms with van der Waals surface area (Å²) in [5.74, 6) is -3.08. The van der Waals surface area contributed by atoms with Crippen LogP contribution < -0.4 is 10.6 Å². The molecule has 3 N–H and O–H groups in total. The molecule has 176 valence electrons. The van der Waals surface area contributed by atoms with Gasteiger partial charge < -0.3 is 20.5 Å². The number of amides is 2. The molecule has 0 heterocycles. The normalized spacial score (nSPS) is 14.5. The van der Waals surface area contributed by atoms with Gasteiger partial charge in [-0.1, -0.05) is 55.5 Å². The van der Waals surface area contributed by atoms with E-state index in [1.807, 2.05) is 48.5 Å². The summed E-state index contributed by atoms with van der Waals surface area (Å²) in [5, 5.41) is 12.6. The summed E-state index contributed by atoms with van der Waals surface area (Å²) >= 11 is 0. The van der Waals surface area contributed by atoms with Gasteiger partial charge in [0.2, 0.25) is 5.91 Å². The van der Waals surface area contributed by atoms with Crippen LogP contribution in [-0.4, -0.2) is 47.9 Å². The second-order valence-corrected chi connectivity index (χ2v) is 7.63. The highest BCUT2D eigenvalue weighted by Gasteiger charge is 2.43. The van der Waals surface area contributed by atoms with Crippen LogP contribution in [0.2, 0.25) is 0 Å². The van der Waals surface area contributed by atoms with E-state index in [4.69, 9.17) is 9.84 Å². The number of halogens is 3. The molecular formula is C23H23F3N2O5. The van der Waals surface area contributed by atoms with Crippen LogP contribution >= 0.6 is 0 Å². The Bertz CT molecular complexity index is 995. The minimum absolute atomic E-state index is 0.0202. The van der Waals surface area contributed by atoms with Gasteiger partial charge in [0, 0.05) is 5.92 Å². The lowest BCUT2D eigenvalue weighted by molar-refractivity contribution is -0.170. The van der Waals surface area contributed by atoms with Gasteiger partial charge in [-0.25, -0.2) is 4.79 Å². The molecule has 3 rings (SSSR count). The Balaban J connectivity index is 1.63. The average Bonchev–Trinajstić information content (AvgIpc) is 3.08. The maximum absolute atomic E-state index is 13.0. The number of carbonyl (C=O) groups is 3. The molecular weight excluding hydrogens is 441 g/mol. The molecule has 1 unspecified atom stereocenters. The van der Waals surface area contributed by atoms with Gasteiger partial charge in [-0.2, -0.15) is 13.2 Å². The van der Waals surface area contributed by atoms with E-state index in [0.29, 0.717) is 0 Å². The fraction of sp³-hybridized carbons (Fsp3) is 0.348. The monoisotopic (exact) mass is 464 g/mol. The Labute approximate surface area is 187 Å². The van der Waals surface area contributed by atoms with E-state index in [9.17, 15) is 27.6 Å². The SMILES string of the molecule is CC[C@H](NC(=O)OCC1c2ccccc2-c2ccccc21)C(=O)NC(CC(=O)O)C(F)(F)F. The largest absolute Gasteiger partial charge is 0.481 e. The topological polar surface area (TPSA) is 105 Å². The van der Waals surface area contributed by atoms with E-state index >= 15 is 0 Å². The first-order chi connectivity index (χ1) is 15.6. The lowest BCUT2D eigenvalue weighted by Gasteiger charge is -2.23. The molecule has 2 aromatic rings. The lowest BCUT2D eigenvalue weighted by Crippen LogP contribution is -2.54. The second-order valence-electron chi connectivity index (χ2n) is 7.63.